The molecule has 0 bridgehead atoms. The molecule has 1 aliphatic heterocycles. The number of aryl methyl sites for hydroxylation is 1. The zero-order chi connectivity index (χ0) is 20.5. The van der Waals surface area contributed by atoms with E-state index in [-0.39, 0.29) is 5.82 Å². The number of allylic oxidation sites excluding steroid dienone is 2. The van der Waals surface area contributed by atoms with Gasteiger partial charge in [-0.15, -0.1) is 0 Å². The molecule has 0 radical (unpaired) electrons. The number of hydrogen-bond donors (Lipinski definition) is 1. The first-order valence-corrected chi connectivity index (χ1v) is 10.3. The minimum atomic E-state index is -0.225. The zero-order valence-corrected chi connectivity index (χ0v) is 17.4. The summed E-state index contributed by atoms with van der Waals surface area (Å²) in [5.74, 6) is 1.73. The second-order valence-corrected chi connectivity index (χ2v) is 6.20. The van der Waals surface area contributed by atoms with Gasteiger partial charge in [-0.05, 0) is 41.7 Å². The van der Waals surface area contributed by atoms with Gasteiger partial charge < -0.3 is 9.73 Å². The molecule has 4 rings (SSSR count). The van der Waals surface area contributed by atoms with Crippen molar-refractivity contribution < 1.29 is 8.81 Å². The number of fused-ring (bicyclic) bond motifs is 1. The maximum Gasteiger partial charge on any atom is 0.242 e. The summed E-state index contributed by atoms with van der Waals surface area (Å²) in [6.45, 7) is 12.6. The number of oxazole rings is 1. The minimum absolute atomic E-state index is 0.225. The fourth-order valence-electron chi connectivity index (χ4n) is 3.46. The summed E-state index contributed by atoms with van der Waals surface area (Å²) >= 11 is 0. The molecule has 1 aromatic heterocycles. The van der Waals surface area contributed by atoms with E-state index in [0.29, 0.717) is 11.8 Å². The van der Waals surface area contributed by atoms with Crippen LogP contribution < -0.4 is 5.32 Å². The Morgan fingerprint density at radius 2 is 2.04 bits per heavy atom. The molecule has 1 atom stereocenters. The molecule has 0 saturated heterocycles. The van der Waals surface area contributed by atoms with Gasteiger partial charge in [0, 0.05) is 19.4 Å². The third kappa shape index (κ3) is 4.80. The average Bonchev–Trinajstić information content (AvgIpc) is 3.20. The first-order valence-electron chi connectivity index (χ1n) is 10.3. The van der Waals surface area contributed by atoms with Crippen LogP contribution in [0.1, 0.15) is 68.5 Å². The van der Waals surface area contributed by atoms with Gasteiger partial charge >= 0.3 is 0 Å². The molecule has 4 heteroatoms. The maximum absolute atomic E-state index is 13.5. The molecule has 0 spiro atoms. The van der Waals surface area contributed by atoms with Gasteiger partial charge in [-0.25, -0.2) is 9.37 Å². The molecule has 150 valence electrons. The van der Waals surface area contributed by atoms with E-state index >= 15 is 0 Å². The van der Waals surface area contributed by atoms with Crippen LogP contribution in [0.15, 0.2) is 47.4 Å². The summed E-state index contributed by atoms with van der Waals surface area (Å²) in [6, 6.07) is 4.95. The summed E-state index contributed by atoms with van der Waals surface area (Å²) in [4.78, 5) is 4.69. The van der Waals surface area contributed by atoms with Gasteiger partial charge in [-0.3, -0.25) is 0 Å². The fraction of sp³-hybridized carbons (Fsp3) is 0.375. The van der Waals surface area contributed by atoms with Gasteiger partial charge in [0.1, 0.15) is 11.6 Å². The number of aromatic nitrogens is 1. The number of rotatable bonds is 3. The Hall–Kier alpha value is -2.62. The number of nitrogens with zero attached hydrogens (tertiary/aromatic N) is 1. The number of dihydropyridines is 1. The molecular weight excluding hydrogens is 351 g/mol. The molecule has 2 aliphatic rings. The largest absolute Gasteiger partial charge is 0.440 e. The van der Waals surface area contributed by atoms with Crippen molar-refractivity contribution >= 4 is 11.8 Å². The van der Waals surface area contributed by atoms with Crippen molar-refractivity contribution in [2.45, 2.75) is 52.9 Å². The van der Waals surface area contributed by atoms with Gasteiger partial charge in [0.15, 0.2) is 0 Å². The topological polar surface area (TPSA) is 38.1 Å². The highest BCUT2D eigenvalue weighted by Gasteiger charge is 2.27. The smallest absolute Gasteiger partial charge is 0.242 e. The Morgan fingerprint density at radius 3 is 2.71 bits per heavy atom. The van der Waals surface area contributed by atoms with E-state index in [1.54, 1.807) is 12.1 Å². The Bertz CT molecular complexity index is 848. The lowest BCUT2D eigenvalue weighted by Gasteiger charge is -2.22. The number of hydrogen-bond acceptors (Lipinski definition) is 3. The molecule has 1 N–H and O–H groups in total. The first kappa shape index (κ1) is 21.7. The van der Waals surface area contributed by atoms with Gasteiger partial charge in [-0.1, -0.05) is 58.6 Å². The molecular formula is C24H31FN2O. The molecule has 2 aromatic rings. The van der Waals surface area contributed by atoms with Crippen LogP contribution in [-0.4, -0.2) is 11.5 Å². The standard InChI is InChI=1S/C20H19FN2O.2C2H6/c1-2-13-11-15(21)7-8-16(13)14-6-9-19-18(12-14)23-20(24-19)17-5-3-4-10-22-17;2*1-2/h2-5,7-8,11,14,22H,1,6,9-10,12H2;2*1-2H3/t14-;;/m0../s1. The van der Waals surface area contributed by atoms with Crippen LogP contribution in [0.4, 0.5) is 4.39 Å². The minimum Gasteiger partial charge on any atom is -0.440 e. The van der Waals surface area contributed by atoms with Crippen molar-refractivity contribution in [3.05, 3.63) is 77.3 Å². The van der Waals surface area contributed by atoms with Crippen LogP contribution in [0.5, 0.6) is 0 Å². The maximum atomic E-state index is 13.5. The third-order valence-corrected chi connectivity index (χ3v) is 4.69. The lowest BCUT2D eigenvalue weighted by molar-refractivity contribution is 0.448. The molecule has 3 nitrogen and oxygen atoms in total. The predicted octanol–water partition coefficient (Wildman–Crippen LogP) is 6.28. The van der Waals surface area contributed by atoms with E-state index in [2.05, 4.69) is 11.9 Å². The van der Waals surface area contributed by atoms with Crippen molar-refractivity contribution in [2.75, 3.05) is 6.54 Å². The highest BCUT2D eigenvalue weighted by molar-refractivity contribution is 5.60. The molecule has 0 amide bonds. The van der Waals surface area contributed by atoms with Crippen LogP contribution in [0.25, 0.3) is 11.8 Å². The Morgan fingerprint density at radius 1 is 1.25 bits per heavy atom. The van der Waals surface area contributed by atoms with E-state index in [1.165, 1.54) is 6.07 Å². The van der Waals surface area contributed by atoms with Crippen molar-refractivity contribution in [1.82, 2.24) is 10.3 Å². The van der Waals surface area contributed by atoms with Gasteiger partial charge in [0.25, 0.3) is 0 Å². The fourth-order valence-corrected chi connectivity index (χ4v) is 3.46. The van der Waals surface area contributed by atoms with E-state index in [0.717, 1.165) is 54.1 Å². The average molecular weight is 383 g/mol. The first-order chi connectivity index (χ1) is 13.7. The summed E-state index contributed by atoms with van der Waals surface area (Å²) in [7, 11) is 0. The molecule has 2 heterocycles. The van der Waals surface area contributed by atoms with Crippen molar-refractivity contribution in [1.29, 1.82) is 0 Å². The second kappa shape index (κ2) is 10.6. The van der Waals surface area contributed by atoms with E-state index in [4.69, 9.17) is 9.40 Å². The van der Waals surface area contributed by atoms with Gasteiger partial charge in [0.2, 0.25) is 5.89 Å². The summed E-state index contributed by atoms with van der Waals surface area (Å²) in [5, 5.41) is 3.28. The summed E-state index contributed by atoms with van der Waals surface area (Å²) in [6.07, 6.45) is 10.4. The second-order valence-electron chi connectivity index (χ2n) is 6.20. The predicted molar refractivity (Wildman–Crippen MR) is 116 cm³/mol. The SMILES string of the molecule is C=Cc1cc(F)ccc1[C@H]1CCc2oc(C3=CC=CCN3)nc2C1.CC.CC. The normalized spacial score (nSPS) is 17.0. The number of benzene rings is 1. The molecule has 0 fully saturated rings. The third-order valence-electron chi connectivity index (χ3n) is 4.69. The van der Waals surface area contributed by atoms with Crippen LogP contribution in [0.3, 0.4) is 0 Å². The van der Waals surface area contributed by atoms with Gasteiger partial charge in [0.05, 0.1) is 11.4 Å². The molecule has 1 aliphatic carbocycles. The van der Waals surface area contributed by atoms with E-state index < -0.39 is 0 Å². The highest BCUT2D eigenvalue weighted by atomic mass is 19.1. The van der Waals surface area contributed by atoms with Gasteiger partial charge in [-0.2, -0.15) is 0 Å². The summed E-state index contributed by atoms with van der Waals surface area (Å²) in [5.41, 5.74) is 3.95. The van der Waals surface area contributed by atoms with E-state index in [9.17, 15) is 4.39 Å². The molecule has 28 heavy (non-hydrogen) atoms. The Balaban J connectivity index is 0.000000660. The van der Waals surface area contributed by atoms with Crippen molar-refractivity contribution in [3.8, 4) is 0 Å². The highest BCUT2D eigenvalue weighted by Crippen LogP contribution is 2.35. The van der Waals surface area contributed by atoms with Crippen LogP contribution in [0.2, 0.25) is 0 Å². The van der Waals surface area contributed by atoms with E-state index in [1.807, 2.05) is 52.0 Å². The number of halogens is 1. The monoisotopic (exact) mass is 382 g/mol. The Labute approximate surface area is 168 Å². The summed E-state index contributed by atoms with van der Waals surface area (Å²) < 4.78 is 19.4. The molecule has 1 aromatic carbocycles. The quantitative estimate of drug-likeness (QED) is 0.679. The lowest BCUT2D eigenvalue weighted by Crippen LogP contribution is -2.14. The molecule has 0 saturated carbocycles. The number of nitrogens with one attached hydrogen (secondary N) is 1. The lowest BCUT2D eigenvalue weighted by atomic mass is 9.82. The van der Waals surface area contributed by atoms with Crippen molar-refractivity contribution in [2.24, 2.45) is 0 Å². The van der Waals surface area contributed by atoms with Crippen molar-refractivity contribution in [3.63, 3.8) is 0 Å². The van der Waals surface area contributed by atoms with Crippen LogP contribution in [-0.2, 0) is 12.8 Å². The zero-order valence-electron chi connectivity index (χ0n) is 17.4. The molecule has 0 unspecified atom stereocenters. The van der Waals surface area contributed by atoms with Crippen LogP contribution >= 0.6 is 0 Å². The van der Waals surface area contributed by atoms with Crippen LogP contribution in [0, 0.1) is 5.82 Å². The Kier molecular flexibility index (Phi) is 8.24.